The van der Waals surface area contributed by atoms with Crippen LogP contribution in [-0.2, 0) is 0 Å². The Labute approximate surface area is 288 Å². The molecule has 0 aliphatic carbocycles. The van der Waals surface area contributed by atoms with Crippen LogP contribution >= 0.6 is 47.8 Å². The van der Waals surface area contributed by atoms with E-state index in [0.717, 1.165) is 12.1 Å². The molecule has 10 heteroatoms. The number of unbranched alkanes of at least 4 members (excludes halogenated alkanes) is 3. The molecule has 0 amide bonds. The second-order valence-electron chi connectivity index (χ2n) is 10.4. The summed E-state index contributed by atoms with van der Waals surface area (Å²) >= 11 is 6.62. The molecule has 4 rings (SSSR count). The number of hydrogen-bond donors (Lipinski definition) is 0. The molecule has 0 fully saturated rings. The third kappa shape index (κ3) is 12.5. The second-order valence-corrected chi connectivity index (χ2v) is 26.1. The molecule has 0 radical (unpaired) electrons. The van der Waals surface area contributed by atoms with Gasteiger partial charge in [0.2, 0.25) is 0 Å². The number of halogens is 7. The Morgan fingerprint density at radius 2 is 1.02 bits per heavy atom. The van der Waals surface area contributed by atoms with Gasteiger partial charge in [-0.05, 0) is 72.1 Å². The Bertz CT molecular complexity index is 1340. The maximum absolute atomic E-state index is 13.4. The Hall–Kier alpha value is -1.30. The van der Waals surface area contributed by atoms with E-state index < -0.39 is 41.6 Å². The summed E-state index contributed by atoms with van der Waals surface area (Å²) in [6, 6.07) is 16.1. The fraction of sp³-hybridized carbons (Fsp3) is 0.353. The Morgan fingerprint density at radius 1 is 0.568 bits per heavy atom. The van der Waals surface area contributed by atoms with Crippen molar-refractivity contribution in [3.8, 4) is 11.3 Å². The predicted octanol–water partition coefficient (Wildman–Crippen LogP) is 12.4. The smallest absolute Gasteiger partial charge is 0.140 e. The summed E-state index contributed by atoms with van der Waals surface area (Å²) < 4.78 is 58.1. The van der Waals surface area contributed by atoms with Crippen LogP contribution in [0.25, 0.3) is 11.3 Å². The van der Waals surface area contributed by atoms with Gasteiger partial charge in [0, 0.05) is 23.9 Å². The van der Waals surface area contributed by atoms with Crippen LogP contribution in [-0.4, -0.2) is 28.3 Å². The van der Waals surface area contributed by atoms with Gasteiger partial charge < -0.3 is 0 Å². The van der Waals surface area contributed by atoms with Crippen LogP contribution in [0, 0.1) is 23.3 Å². The van der Waals surface area contributed by atoms with Crippen LogP contribution in [0.15, 0.2) is 86.5 Å². The van der Waals surface area contributed by atoms with Crippen LogP contribution in [0.1, 0.15) is 59.3 Å². The minimum Gasteiger partial charge on any atom is -0.256 e. The third-order valence-corrected chi connectivity index (χ3v) is 24.1. The molecule has 44 heavy (non-hydrogen) atoms. The molecule has 4 aromatic rings. The SMILES string of the molecule is CCC[CH2][Sn]([CH2]CCC)([CH2]CCC)[c]1ccccn1.Fc1cc(F)c(-c2ccccn2)cc1Br.Fc1cc(F)c(Br)cc1Br. The summed E-state index contributed by atoms with van der Waals surface area (Å²) in [4.78, 5) is 8.80. The Morgan fingerprint density at radius 3 is 1.43 bits per heavy atom. The number of hydrogen-bond acceptors (Lipinski definition) is 2. The number of benzene rings is 2. The molecule has 0 unspecified atom stereocenters. The fourth-order valence-corrected chi connectivity index (χ4v) is 21.5. The first-order chi connectivity index (χ1) is 21.1. The van der Waals surface area contributed by atoms with Gasteiger partial charge in [0.25, 0.3) is 0 Å². The molecular weight excluding hydrogens is 871 g/mol. The van der Waals surface area contributed by atoms with Crippen molar-refractivity contribution in [3.63, 3.8) is 0 Å². The van der Waals surface area contributed by atoms with Gasteiger partial charge in [-0.2, -0.15) is 0 Å². The van der Waals surface area contributed by atoms with E-state index in [4.69, 9.17) is 4.98 Å². The van der Waals surface area contributed by atoms with Gasteiger partial charge in [-0.15, -0.1) is 0 Å². The summed E-state index contributed by atoms with van der Waals surface area (Å²) in [6.07, 6.45) is 11.8. The van der Waals surface area contributed by atoms with E-state index in [9.17, 15) is 17.6 Å². The van der Waals surface area contributed by atoms with Crippen molar-refractivity contribution in [1.29, 1.82) is 0 Å². The standard InChI is InChI=1S/C11H6BrF2N.C6H2Br2F2.C5H4N.3C4H9.Sn/c12-8-5-7(9(13)6-10(8)14)11-3-1-2-4-15-11;7-3-1-4(8)6(10)2-5(3)9;1-2-4-6-5-3-1;3*1-3-4-2;/h1-6H;1-2H;1-4H;3*1,3-4H2,2H3;. The van der Waals surface area contributed by atoms with E-state index >= 15 is 0 Å². The first-order valence-corrected chi connectivity index (χ1v) is 24.7. The van der Waals surface area contributed by atoms with Gasteiger partial charge in [-0.3, -0.25) is 4.98 Å². The minimum atomic E-state index is -2.21. The van der Waals surface area contributed by atoms with Crippen molar-refractivity contribution in [2.45, 2.75) is 72.6 Å². The zero-order chi connectivity index (χ0) is 32.5. The van der Waals surface area contributed by atoms with E-state index in [-0.39, 0.29) is 19.0 Å². The molecule has 0 saturated heterocycles. The average molecular weight is 910 g/mol. The summed E-state index contributed by atoms with van der Waals surface area (Å²) in [6.45, 7) is 6.98. The molecule has 0 aliphatic rings. The summed E-state index contributed by atoms with van der Waals surface area (Å²) in [5.74, 6) is -2.43. The van der Waals surface area contributed by atoms with Gasteiger partial charge in [-0.1, -0.05) is 6.07 Å². The average Bonchev–Trinajstić information content (AvgIpc) is 3.03. The first kappa shape index (κ1) is 38.9. The zero-order valence-electron chi connectivity index (χ0n) is 25.3. The van der Waals surface area contributed by atoms with Crippen molar-refractivity contribution in [3.05, 3.63) is 110 Å². The van der Waals surface area contributed by atoms with E-state index in [2.05, 4.69) is 91.7 Å². The monoisotopic (exact) mass is 908 g/mol. The number of rotatable bonds is 11. The third-order valence-electron chi connectivity index (χ3n) is 7.15. The summed E-state index contributed by atoms with van der Waals surface area (Å²) in [7, 11) is 0. The molecule has 2 aromatic heterocycles. The van der Waals surface area contributed by atoms with Crippen molar-refractivity contribution in [2.24, 2.45) is 0 Å². The molecule has 0 bridgehead atoms. The van der Waals surface area contributed by atoms with E-state index in [1.807, 2.05) is 6.20 Å². The molecule has 238 valence electrons. The van der Waals surface area contributed by atoms with Crippen LogP contribution in [0.4, 0.5) is 17.6 Å². The van der Waals surface area contributed by atoms with E-state index in [1.165, 1.54) is 64.0 Å². The van der Waals surface area contributed by atoms with Gasteiger partial charge in [0.05, 0.1) is 19.1 Å². The molecule has 2 aromatic carbocycles. The number of nitrogens with zero attached hydrogens (tertiary/aromatic N) is 2. The molecule has 0 N–H and O–H groups in total. The Kier molecular flexibility index (Phi) is 18.3. The molecular formula is C34H39Br3F4N2Sn. The molecule has 0 atom stereocenters. The van der Waals surface area contributed by atoms with Crippen LogP contribution in [0.2, 0.25) is 13.3 Å². The van der Waals surface area contributed by atoms with Crippen molar-refractivity contribution < 1.29 is 17.6 Å². The Balaban J connectivity index is 0.000000241. The largest absolute Gasteiger partial charge is 0.256 e. The van der Waals surface area contributed by atoms with Crippen LogP contribution < -0.4 is 3.71 Å². The molecule has 0 saturated carbocycles. The van der Waals surface area contributed by atoms with Crippen molar-refractivity contribution >= 4 is 69.9 Å². The number of aromatic nitrogens is 2. The quantitative estimate of drug-likeness (QED) is 0.0851. The summed E-state index contributed by atoms with van der Waals surface area (Å²) in [5, 5.41) is 0. The van der Waals surface area contributed by atoms with E-state index in [1.54, 1.807) is 28.1 Å². The van der Waals surface area contributed by atoms with Gasteiger partial charge in [0.15, 0.2) is 0 Å². The maximum atomic E-state index is 13.4. The van der Waals surface area contributed by atoms with Gasteiger partial charge in [-0.25, -0.2) is 17.6 Å². The molecule has 2 nitrogen and oxygen atoms in total. The fourth-order valence-electron chi connectivity index (χ4n) is 4.72. The van der Waals surface area contributed by atoms with E-state index in [0.29, 0.717) is 5.69 Å². The molecule has 0 spiro atoms. The topological polar surface area (TPSA) is 25.8 Å². The second kappa shape index (κ2) is 20.7. The number of pyridine rings is 2. The van der Waals surface area contributed by atoms with Gasteiger partial charge in [0.1, 0.15) is 23.3 Å². The normalized spacial score (nSPS) is 10.9. The predicted molar refractivity (Wildman–Crippen MR) is 188 cm³/mol. The zero-order valence-corrected chi connectivity index (χ0v) is 32.9. The minimum absolute atomic E-state index is 0.226. The van der Waals surface area contributed by atoms with Crippen LogP contribution in [0.3, 0.4) is 0 Å². The van der Waals surface area contributed by atoms with Crippen LogP contribution in [0.5, 0.6) is 0 Å². The molecule has 0 aliphatic heterocycles. The summed E-state index contributed by atoms with van der Waals surface area (Å²) in [5.41, 5.74) is 0.763. The maximum Gasteiger partial charge on any atom is 0.140 e. The molecule has 2 heterocycles. The van der Waals surface area contributed by atoms with Crippen molar-refractivity contribution in [1.82, 2.24) is 9.97 Å². The van der Waals surface area contributed by atoms with Crippen molar-refractivity contribution in [2.75, 3.05) is 0 Å². The first-order valence-electron chi connectivity index (χ1n) is 14.9. The van der Waals surface area contributed by atoms with Gasteiger partial charge >= 0.3 is 124 Å².